The van der Waals surface area contributed by atoms with Gasteiger partial charge in [-0.15, -0.1) is 0 Å². The van der Waals surface area contributed by atoms with Gasteiger partial charge in [-0.1, -0.05) is 49.7 Å². The zero-order valence-electron chi connectivity index (χ0n) is 17.6. The molecule has 0 fully saturated rings. The molecule has 2 N–H and O–H groups in total. The van der Waals surface area contributed by atoms with Gasteiger partial charge in [-0.3, -0.25) is 4.79 Å². The SMILES string of the molecule is COc1ccccc1C(C)NC(=O)C(CC(C)C)NS(=O)(=O)c1ccc(C)cc1. The Balaban J connectivity index is 2.20. The molecule has 0 saturated heterocycles. The maximum absolute atomic E-state index is 12.9. The summed E-state index contributed by atoms with van der Waals surface area (Å²) in [6.45, 7) is 7.63. The summed E-state index contributed by atoms with van der Waals surface area (Å²) in [6.07, 6.45) is 0.384. The van der Waals surface area contributed by atoms with Crippen LogP contribution in [0.4, 0.5) is 0 Å². The van der Waals surface area contributed by atoms with E-state index < -0.39 is 16.1 Å². The van der Waals surface area contributed by atoms with E-state index in [0.717, 1.165) is 11.1 Å². The van der Waals surface area contributed by atoms with Crippen molar-refractivity contribution in [2.45, 2.75) is 51.1 Å². The van der Waals surface area contributed by atoms with Crippen LogP contribution in [0.25, 0.3) is 0 Å². The molecule has 2 unspecified atom stereocenters. The van der Waals surface area contributed by atoms with Gasteiger partial charge >= 0.3 is 0 Å². The topological polar surface area (TPSA) is 84.5 Å². The number of aryl methyl sites for hydroxylation is 1. The van der Waals surface area contributed by atoms with Crippen molar-refractivity contribution in [1.29, 1.82) is 0 Å². The molecule has 7 heteroatoms. The van der Waals surface area contributed by atoms with E-state index in [1.54, 1.807) is 31.4 Å². The van der Waals surface area contributed by atoms with Gasteiger partial charge in [-0.2, -0.15) is 4.72 Å². The van der Waals surface area contributed by atoms with Crippen molar-refractivity contribution >= 4 is 15.9 Å². The van der Waals surface area contributed by atoms with E-state index in [9.17, 15) is 13.2 Å². The van der Waals surface area contributed by atoms with Gasteiger partial charge in [0.15, 0.2) is 0 Å². The van der Waals surface area contributed by atoms with Gasteiger partial charge in [0.2, 0.25) is 15.9 Å². The molecule has 29 heavy (non-hydrogen) atoms. The Morgan fingerprint density at radius 1 is 1.03 bits per heavy atom. The maximum Gasteiger partial charge on any atom is 0.241 e. The van der Waals surface area contributed by atoms with E-state index >= 15 is 0 Å². The van der Waals surface area contributed by atoms with Crippen molar-refractivity contribution in [3.63, 3.8) is 0 Å². The third kappa shape index (κ3) is 6.30. The summed E-state index contributed by atoms with van der Waals surface area (Å²) in [5.41, 5.74) is 1.79. The van der Waals surface area contributed by atoms with Crippen LogP contribution in [-0.2, 0) is 14.8 Å². The number of benzene rings is 2. The van der Waals surface area contributed by atoms with Crippen molar-refractivity contribution in [3.05, 3.63) is 59.7 Å². The molecule has 6 nitrogen and oxygen atoms in total. The number of nitrogens with one attached hydrogen (secondary N) is 2. The molecular weight excluding hydrogens is 388 g/mol. The molecule has 2 atom stereocenters. The first kappa shape index (κ1) is 22.9. The molecule has 0 bridgehead atoms. The standard InChI is InChI=1S/C22H30N2O4S/c1-15(2)14-20(24-29(26,27)18-12-10-16(3)11-13-18)22(25)23-17(4)19-8-6-7-9-21(19)28-5/h6-13,15,17,20,24H,14H2,1-5H3,(H,23,25). The van der Waals surface area contributed by atoms with E-state index in [4.69, 9.17) is 4.74 Å². The van der Waals surface area contributed by atoms with Crippen LogP contribution in [0.15, 0.2) is 53.4 Å². The summed E-state index contributed by atoms with van der Waals surface area (Å²) in [5.74, 6) is 0.432. The second kappa shape index (κ2) is 9.89. The second-order valence-electron chi connectivity index (χ2n) is 7.59. The van der Waals surface area contributed by atoms with Gasteiger partial charge in [0.05, 0.1) is 18.0 Å². The minimum absolute atomic E-state index is 0.132. The van der Waals surface area contributed by atoms with Crippen LogP contribution in [0.1, 0.15) is 44.4 Å². The first-order chi connectivity index (χ1) is 13.6. The van der Waals surface area contributed by atoms with Gasteiger partial charge in [0, 0.05) is 5.56 Å². The van der Waals surface area contributed by atoms with Gasteiger partial charge in [0.1, 0.15) is 11.8 Å². The molecule has 2 rings (SSSR count). The molecular formula is C22H30N2O4S. The lowest BCUT2D eigenvalue weighted by Gasteiger charge is -2.23. The molecule has 158 valence electrons. The van der Waals surface area contributed by atoms with Crippen LogP contribution in [-0.4, -0.2) is 27.5 Å². The number of carbonyl (C=O) groups excluding carboxylic acids is 1. The minimum Gasteiger partial charge on any atom is -0.496 e. The lowest BCUT2D eigenvalue weighted by Crippen LogP contribution is -2.47. The van der Waals surface area contributed by atoms with Gasteiger partial charge in [0.25, 0.3) is 0 Å². The summed E-state index contributed by atoms with van der Waals surface area (Å²) in [7, 11) is -2.24. The number of hydrogen-bond donors (Lipinski definition) is 2. The van der Waals surface area contributed by atoms with Crippen molar-refractivity contribution in [3.8, 4) is 5.75 Å². The molecule has 0 aliphatic rings. The monoisotopic (exact) mass is 418 g/mol. The molecule has 0 aliphatic carbocycles. The largest absolute Gasteiger partial charge is 0.496 e. The number of ether oxygens (including phenoxy) is 1. The summed E-state index contributed by atoms with van der Waals surface area (Å²) in [4.78, 5) is 13.1. The van der Waals surface area contributed by atoms with Crippen molar-refractivity contribution in [1.82, 2.24) is 10.0 Å². The lowest BCUT2D eigenvalue weighted by molar-refractivity contribution is -0.123. The lowest BCUT2D eigenvalue weighted by atomic mass is 10.0. The van der Waals surface area contributed by atoms with E-state index in [1.165, 1.54) is 0 Å². The van der Waals surface area contributed by atoms with Crippen molar-refractivity contribution in [2.75, 3.05) is 7.11 Å². The molecule has 0 radical (unpaired) electrons. The average Bonchev–Trinajstić information content (AvgIpc) is 2.67. The van der Waals surface area contributed by atoms with Crippen LogP contribution in [0.3, 0.4) is 0 Å². The van der Waals surface area contributed by atoms with E-state index in [2.05, 4.69) is 10.0 Å². The van der Waals surface area contributed by atoms with E-state index in [1.807, 2.05) is 52.0 Å². The molecule has 0 heterocycles. The van der Waals surface area contributed by atoms with Crippen LogP contribution >= 0.6 is 0 Å². The summed E-state index contributed by atoms with van der Waals surface area (Å²) < 4.78 is 33.5. The zero-order chi connectivity index (χ0) is 21.6. The number of amides is 1. The molecule has 1 amide bonds. The van der Waals surface area contributed by atoms with Gasteiger partial charge in [-0.25, -0.2) is 8.42 Å². The Bertz CT molecular complexity index is 924. The molecule has 0 aromatic heterocycles. The maximum atomic E-state index is 12.9. The highest BCUT2D eigenvalue weighted by Crippen LogP contribution is 2.24. The molecule has 0 aliphatic heterocycles. The normalized spacial score (nSPS) is 13.7. The van der Waals surface area contributed by atoms with Crippen LogP contribution in [0, 0.1) is 12.8 Å². The molecule has 2 aromatic carbocycles. The fourth-order valence-electron chi connectivity index (χ4n) is 3.07. The van der Waals surface area contributed by atoms with E-state index in [-0.39, 0.29) is 22.8 Å². The first-order valence-corrected chi connectivity index (χ1v) is 11.1. The first-order valence-electron chi connectivity index (χ1n) is 9.66. The Hall–Kier alpha value is -2.38. The fourth-order valence-corrected chi connectivity index (χ4v) is 4.28. The third-order valence-electron chi connectivity index (χ3n) is 4.62. The highest BCUT2D eigenvalue weighted by molar-refractivity contribution is 7.89. The number of para-hydroxylation sites is 1. The second-order valence-corrected chi connectivity index (χ2v) is 9.30. The van der Waals surface area contributed by atoms with Crippen molar-refractivity contribution in [2.24, 2.45) is 5.92 Å². The highest BCUT2D eigenvalue weighted by atomic mass is 32.2. The van der Waals surface area contributed by atoms with Crippen molar-refractivity contribution < 1.29 is 17.9 Å². The van der Waals surface area contributed by atoms with Crippen LogP contribution in [0.2, 0.25) is 0 Å². The quantitative estimate of drug-likeness (QED) is 0.652. The Morgan fingerprint density at radius 2 is 1.66 bits per heavy atom. The summed E-state index contributed by atoms with van der Waals surface area (Å²) in [6, 6.07) is 12.8. The molecule has 0 saturated carbocycles. The minimum atomic E-state index is -3.82. The predicted octanol–water partition coefficient (Wildman–Crippen LogP) is 3.57. The highest BCUT2D eigenvalue weighted by Gasteiger charge is 2.28. The summed E-state index contributed by atoms with van der Waals surface area (Å²) in [5, 5.41) is 2.91. The van der Waals surface area contributed by atoms with Gasteiger partial charge < -0.3 is 10.1 Å². The smallest absolute Gasteiger partial charge is 0.241 e. The Morgan fingerprint density at radius 3 is 2.24 bits per heavy atom. The Labute approximate surface area is 173 Å². The number of hydrogen-bond acceptors (Lipinski definition) is 4. The number of methoxy groups -OCH3 is 1. The summed E-state index contributed by atoms with van der Waals surface area (Å²) >= 11 is 0. The number of carbonyl (C=O) groups is 1. The van der Waals surface area contributed by atoms with Crippen LogP contribution in [0.5, 0.6) is 5.75 Å². The number of sulfonamides is 1. The van der Waals surface area contributed by atoms with Gasteiger partial charge in [-0.05, 0) is 44.4 Å². The predicted molar refractivity (Wildman–Crippen MR) is 114 cm³/mol. The Kier molecular flexibility index (Phi) is 7.81. The third-order valence-corrected chi connectivity index (χ3v) is 6.10. The zero-order valence-corrected chi connectivity index (χ0v) is 18.4. The fraction of sp³-hybridized carbons (Fsp3) is 0.409. The molecule has 0 spiro atoms. The number of rotatable bonds is 9. The molecule has 2 aromatic rings. The van der Waals surface area contributed by atoms with Crippen LogP contribution < -0.4 is 14.8 Å². The van der Waals surface area contributed by atoms with E-state index in [0.29, 0.717) is 12.2 Å². The average molecular weight is 419 g/mol.